The first-order chi connectivity index (χ1) is 7.13. The van der Waals surface area contributed by atoms with E-state index in [0.717, 1.165) is 11.3 Å². The fraction of sp³-hybridized carbons (Fsp3) is 0.273. The highest BCUT2D eigenvalue weighted by molar-refractivity contribution is 5.74. The number of rotatable bonds is 4. The standard InChI is InChI=1S/C11H14N2O2/c1-8(13-9(2)15)10-4-3-5-11(6-10)12-7-14/h3-8H,1-2H3,(H,12,14)(H,13,15). The molecule has 1 atom stereocenters. The molecular weight excluding hydrogens is 192 g/mol. The van der Waals surface area contributed by atoms with E-state index < -0.39 is 0 Å². The second kappa shape index (κ2) is 5.14. The van der Waals surface area contributed by atoms with Crippen molar-refractivity contribution in [3.63, 3.8) is 0 Å². The van der Waals surface area contributed by atoms with Crippen LogP contribution < -0.4 is 10.6 Å². The Balaban J connectivity index is 2.79. The van der Waals surface area contributed by atoms with Crippen LogP contribution in [-0.4, -0.2) is 12.3 Å². The Bertz CT molecular complexity index is 363. The highest BCUT2D eigenvalue weighted by atomic mass is 16.1. The SMILES string of the molecule is CC(=O)NC(C)c1cccc(NC=O)c1. The van der Waals surface area contributed by atoms with Gasteiger partial charge in [0.25, 0.3) is 0 Å². The summed E-state index contributed by atoms with van der Waals surface area (Å²) in [5.41, 5.74) is 1.68. The lowest BCUT2D eigenvalue weighted by Gasteiger charge is -2.13. The van der Waals surface area contributed by atoms with Crippen LogP contribution in [0.1, 0.15) is 25.5 Å². The maximum atomic E-state index is 10.9. The zero-order valence-electron chi connectivity index (χ0n) is 8.78. The molecule has 0 aliphatic rings. The van der Waals surface area contributed by atoms with Gasteiger partial charge in [-0.2, -0.15) is 0 Å². The van der Waals surface area contributed by atoms with Crippen molar-refractivity contribution in [1.29, 1.82) is 0 Å². The summed E-state index contributed by atoms with van der Waals surface area (Å²) in [4.78, 5) is 21.1. The first kappa shape index (κ1) is 11.2. The Morgan fingerprint density at radius 3 is 2.80 bits per heavy atom. The van der Waals surface area contributed by atoms with E-state index in [0.29, 0.717) is 6.41 Å². The number of benzene rings is 1. The predicted molar refractivity (Wildman–Crippen MR) is 58.4 cm³/mol. The van der Waals surface area contributed by atoms with E-state index in [1.54, 1.807) is 6.07 Å². The number of carbonyl (C=O) groups excluding carboxylic acids is 2. The fourth-order valence-electron chi connectivity index (χ4n) is 1.35. The minimum Gasteiger partial charge on any atom is -0.350 e. The normalized spacial score (nSPS) is 11.6. The van der Waals surface area contributed by atoms with Gasteiger partial charge in [0.2, 0.25) is 12.3 Å². The third-order valence-corrected chi connectivity index (χ3v) is 2.03. The Morgan fingerprint density at radius 1 is 1.47 bits per heavy atom. The summed E-state index contributed by atoms with van der Waals surface area (Å²) in [5, 5.41) is 5.34. The van der Waals surface area contributed by atoms with Crippen molar-refractivity contribution in [3.05, 3.63) is 29.8 Å². The Labute approximate surface area is 88.7 Å². The second-order valence-electron chi connectivity index (χ2n) is 3.31. The lowest BCUT2D eigenvalue weighted by atomic mass is 10.1. The molecule has 0 aliphatic carbocycles. The minimum absolute atomic E-state index is 0.0593. The van der Waals surface area contributed by atoms with Crippen LogP contribution in [0, 0.1) is 0 Å². The van der Waals surface area contributed by atoms with Crippen LogP contribution in [0.2, 0.25) is 0 Å². The number of hydrogen-bond acceptors (Lipinski definition) is 2. The van der Waals surface area contributed by atoms with Crippen molar-refractivity contribution < 1.29 is 9.59 Å². The van der Waals surface area contributed by atoms with Gasteiger partial charge in [0, 0.05) is 12.6 Å². The van der Waals surface area contributed by atoms with Crippen LogP contribution in [0.15, 0.2) is 24.3 Å². The largest absolute Gasteiger partial charge is 0.350 e. The highest BCUT2D eigenvalue weighted by Crippen LogP contribution is 2.16. The van der Waals surface area contributed by atoms with Crippen LogP contribution in [0.4, 0.5) is 5.69 Å². The van der Waals surface area contributed by atoms with E-state index in [9.17, 15) is 9.59 Å². The van der Waals surface area contributed by atoms with Crippen molar-refractivity contribution in [2.45, 2.75) is 19.9 Å². The van der Waals surface area contributed by atoms with Crippen LogP contribution in [0.3, 0.4) is 0 Å². The average Bonchev–Trinajstić information content (AvgIpc) is 2.17. The number of nitrogens with one attached hydrogen (secondary N) is 2. The molecule has 0 radical (unpaired) electrons. The Kier molecular flexibility index (Phi) is 3.85. The average molecular weight is 206 g/mol. The summed E-state index contributed by atoms with van der Waals surface area (Å²) in [6.07, 6.45) is 0.627. The number of carbonyl (C=O) groups is 2. The summed E-state index contributed by atoms with van der Waals surface area (Å²) < 4.78 is 0. The molecule has 0 heterocycles. The molecule has 4 nitrogen and oxygen atoms in total. The third kappa shape index (κ3) is 3.42. The fourth-order valence-corrected chi connectivity index (χ4v) is 1.35. The summed E-state index contributed by atoms with van der Waals surface area (Å²) in [6, 6.07) is 7.29. The third-order valence-electron chi connectivity index (χ3n) is 2.03. The maximum absolute atomic E-state index is 10.9. The van der Waals surface area contributed by atoms with Gasteiger partial charge >= 0.3 is 0 Å². The molecule has 0 saturated heterocycles. The quantitative estimate of drug-likeness (QED) is 0.732. The van der Waals surface area contributed by atoms with E-state index in [1.807, 2.05) is 25.1 Å². The Morgan fingerprint density at radius 2 is 2.20 bits per heavy atom. The van der Waals surface area contributed by atoms with Crippen LogP contribution in [-0.2, 0) is 9.59 Å². The first-order valence-corrected chi connectivity index (χ1v) is 4.70. The van der Waals surface area contributed by atoms with Gasteiger partial charge in [-0.1, -0.05) is 12.1 Å². The molecule has 0 aliphatic heterocycles. The number of anilines is 1. The van der Waals surface area contributed by atoms with Crippen molar-refractivity contribution >= 4 is 18.0 Å². The van der Waals surface area contributed by atoms with Crippen LogP contribution in [0.25, 0.3) is 0 Å². The summed E-state index contributed by atoms with van der Waals surface area (Å²) in [7, 11) is 0. The number of hydrogen-bond donors (Lipinski definition) is 2. The number of amides is 2. The molecule has 0 saturated carbocycles. The molecule has 1 unspecified atom stereocenters. The van der Waals surface area contributed by atoms with E-state index >= 15 is 0 Å². The molecule has 2 N–H and O–H groups in total. The Hall–Kier alpha value is -1.84. The molecule has 1 aromatic carbocycles. The molecule has 2 amide bonds. The van der Waals surface area contributed by atoms with Crippen molar-refractivity contribution in [1.82, 2.24) is 5.32 Å². The topological polar surface area (TPSA) is 58.2 Å². The molecule has 0 fully saturated rings. The molecule has 0 aromatic heterocycles. The molecular formula is C11H14N2O2. The van der Waals surface area contributed by atoms with Gasteiger partial charge in [-0.15, -0.1) is 0 Å². The van der Waals surface area contributed by atoms with Crippen molar-refractivity contribution in [2.75, 3.05) is 5.32 Å². The smallest absolute Gasteiger partial charge is 0.217 e. The van der Waals surface area contributed by atoms with Crippen molar-refractivity contribution in [3.8, 4) is 0 Å². The van der Waals surface area contributed by atoms with Gasteiger partial charge in [0.15, 0.2) is 0 Å². The van der Waals surface area contributed by atoms with Crippen molar-refractivity contribution in [2.24, 2.45) is 0 Å². The molecule has 80 valence electrons. The zero-order valence-corrected chi connectivity index (χ0v) is 8.78. The van der Waals surface area contributed by atoms with E-state index in [1.165, 1.54) is 6.92 Å². The van der Waals surface area contributed by atoms with Gasteiger partial charge in [0.05, 0.1) is 6.04 Å². The summed E-state index contributed by atoms with van der Waals surface area (Å²) in [5.74, 6) is -0.0729. The monoisotopic (exact) mass is 206 g/mol. The van der Waals surface area contributed by atoms with E-state index in [4.69, 9.17) is 0 Å². The maximum Gasteiger partial charge on any atom is 0.217 e. The molecule has 1 rings (SSSR count). The van der Waals surface area contributed by atoms with Gasteiger partial charge in [-0.05, 0) is 24.6 Å². The first-order valence-electron chi connectivity index (χ1n) is 4.70. The second-order valence-corrected chi connectivity index (χ2v) is 3.31. The predicted octanol–water partition coefficient (Wildman–Crippen LogP) is 1.45. The van der Waals surface area contributed by atoms with Crippen LogP contribution in [0.5, 0.6) is 0 Å². The lowest BCUT2D eigenvalue weighted by Crippen LogP contribution is -2.23. The van der Waals surface area contributed by atoms with Gasteiger partial charge in [-0.25, -0.2) is 0 Å². The highest BCUT2D eigenvalue weighted by Gasteiger charge is 2.06. The lowest BCUT2D eigenvalue weighted by molar-refractivity contribution is -0.119. The van der Waals surface area contributed by atoms with Gasteiger partial charge in [0.1, 0.15) is 0 Å². The summed E-state index contributed by atoms with van der Waals surface area (Å²) in [6.45, 7) is 3.37. The molecule has 15 heavy (non-hydrogen) atoms. The van der Waals surface area contributed by atoms with Crippen LogP contribution >= 0.6 is 0 Å². The molecule has 0 spiro atoms. The van der Waals surface area contributed by atoms with Gasteiger partial charge < -0.3 is 10.6 Å². The molecule has 0 bridgehead atoms. The van der Waals surface area contributed by atoms with E-state index in [-0.39, 0.29) is 11.9 Å². The zero-order chi connectivity index (χ0) is 11.3. The molecule has 1 aromatic rings. The molecule has 4 heteroatoms. The van der Waals surface area contributed by atoms with Gasteiger partial charge in [-0.3, -0.25) is 9.59 Å². The van der Waals surface area contributed by atoms with E-state index in [2.05, 4.69) is 10.6 Å². The minimum atomic E-state index is -0.0729. The summed E-state index contributed by atoms with van der Waals surface area (Å²) >= 11 is 0.